The van der Waals surface area contributed by atoms with E-state index in [2.05, 4.69) is 5.32 Å². The zero-order valence-corrected chi connectivity index (χ0v) is 7.88. The summed E-state index contributed by atoms with van der Waals surface area (Å²) in [5.41, 5.74) is 0. The molecule has 13 heavy (non-hydrogen) atoms. The molecular formula is C10H16N2O. The Hall–Kier alpha value is -1.04. The van der Waals surface area contributed by atoms with Crippen molar-refractivity contribution in [2.45, 2.75) is 38.5 Å². The molecule has 72 valence electrons. The molecule has 1 N–H and O–H groups in total. The Morgan fingerprint density at radius 1 is 1.46 bits per heavy atom. The summed E-state index contributed by atoms with van der Waals surface area (Å²) < 4.78 is 0. The second-order valence-corrected chi connectivity index (χ2v) is 3.62. The van der Waals surface area contributed by atoms with Crippen molar-refractivity contribution in [1.82, 2.24) is 5.32 Å². The van der Waals surface area contributed by atoms with E-state index < -0.39 is 0 Å². The van der Waals surface area contributed by atoms with Gasteiger partial charge in [-0.05, 0) is 12.3 Å². The average Bonchev–Trinajstić information content (AvgIpc) is 2.64. The molecular weight excluding hydrogens is 164 g/mol. The Bertz CT molecular complexity index is 201. The molecule has 3 heteroatoms. The van der Waals surface area contributed by atoms with Gasteiger partial charge in [-0.15, -0.1) is 0 Å². The third-order valence-electron chi connectivity index (χ3n) is 2.62. The number of amides is 1. The molecule has 1 aliphatic carbocycles. The van der Waals surface area contributed by atoms with Gasteiger partial charge >= 0.3 is 0 Å². The van der Waals surface area contributed by atoms with Gasteiger partial charge < -0.3 is 5.32 Å². The van der Waals surface area contributed by atoms with E-state index >= 15 is 0 Å². The van der Waals surface area contributed by atoms with Gasteiger partial charge in [0, 0.05) is 6.42 Å². The molecule has 0 aromatic heterocycles. The predicted molar refractivity (Wildman–Crippen MR) is 49.8 cm³/mol. The molecule has 0 bridgehead atoms. The van der Waals surface area contributed by atoms with Crippen molar-refractivity contribution in [2.75, 3.05) is 6.54 Å². The van der Waals surface area contributed by atoms with Crippen LogP contribution in [0.3, 0.4) is 0 Å². The van der Waals surface area contributed by atoms with Crippen LogP contribution in [0.2, 0.25) is 0 Å². The molecule has 0 aliphatic heterocycles. The van der Waals surface area contributed by atoms with E-state index in [0.29, 0.717) is 6.42 Å². The standard InChI is InChI=1S/C10H16N2O/c11-7-8-12-10(13)6-5-9-3-1-2-4-9/h9H,1-6,8H2,(H,12,13). The van der Waals surface area contributed by atoms with Gasteiger partial charge in [-0.3, -0.25) is 4.79 Å². The second kappa shape index (κ2) is 5.58. The van der Waals surface area contributed by atoms with Crippen LogP contribution >= 0.6 is 0 Å². The zero-order chi connectivity index (χ0) is 9.52. The van der Waals surface area contributed by atoms with E-state index in [0.717, 1.165) is 12.3 Å². The van der Waals surface area contributed by atoms with Crippen molar-refractivity contribution in [3.8, 4) is 6.07 Å². The Balaban J connectivity index is 2.04. The summed E-state index contributed by atoms with van der Waals surface area (Å²) >= 11 is 0. The molecule has 0 radical (unpaired) electrons. The fourth-order valence-corrected chi connectivity index (χ4v) is 1.86. The van der Waals surface area contributed by atoms with Crippen LogP contribution in [0, 0.1) is 17.2 Å². The molecule has 3 nitrogen and oxygen atoms in total. The number of carbonyl (C=O) groups is 1. The van der Waals surface area contributed by atoms with Crippen LogP contribution in [-0.2, 0) is 4.79 Å². The topological polar surface area (TPSA) is 52.9 Å². The average molecular weight is 180 g/mol. The first-order valence-electron chi connectivity index (χ1n) is 4.96. The molecule has 0 aromatic carbocycles. The van der Waals surface area contributed by atoms with E-state index in [-0.39, 0.29) is 12.5 Å². The van der Waals surface area contributed by atoms with E-state index in [9.17, 15) is 4.79 Å². The Morgan fingerprint density at radius 3 is 2.77 bits per heavy atom. The third kappa shape index (κ3) is 3.93. The minimum Gasteiger partial charge on any atom is -0.343 e. The summed E-state index contributed by atoms with van der Waals surface area (Å²) in [4.78, 5) is 11.1. The zero-order valence-electron chi connectivity index (χ0n) is 7.88. The fraction of sp³-hybridized carbons (Fsp3) is 0.800. The second-order valence-electron chi connectivity index (χ2n) is 3.62. The van der Waals surface area contributed by atoms with E-state index in [4.69, 9.17) is 5.26 Å². The first-order valence-corrected chi connectivity index (χ1v) is 4.96. The van der Waals surface area contributed by atoms with Gasteiger partial charge in [0.2, 0.25) is 5.91 Å². The van der Waals surface area contributed by atoms with E-state index in [1.807, 2.05) is 6.07 Å². The number of rotatable bonds is 4. The van der Waals surface area contributed by atoms with Crippen LogP contribution in [0.4, 0.5) is 0 Å². The minimum atomic E-state index is 0.0217. The molecule has 0 saturated heterocycles. The maximum Gasteiger partial charge on any atom is 0.220 e. The summed E-state index contributed by atoms with van der Waals surface area (Å²) in [6.07, 6.45) is 6.80. The normalized spacial score (nSPS) is 16.8. The predicted octanol–water partition coefficient (Wildman–Crippen LogP) is 1.60. The summed E-state index contributed by atoms with van der Waals surface area (Å²) in [6.45, 7) is 0.142. The van der Waals surface area contributed by atoms with Crippen molar-refractivity contribution >= 4 is 5.91 Å². The highest BCUT2D eigenvalue weighted by molar-refractivity contribution is 5.76. The quantitative estimate of drug-likeness (QED) is 0.668. The molecule has 1 fully saturated rings. The largest absolute Gasteiger partial charge is 0.343 e. The molecule has 0 spiro atoms. The third-order valence-corrected chi connectivity index (χ3v) is 2.62. The highest BCUT2D eigenvalue weighted by Gasteiger charge is 2.15. The monoisotopic (exact) mass is 180 g/mol. The van der Waals surface area contributed by atoms with Crippen molar-refractivity contribution in [3.63, 3.8) is 0 Å². The van der Waals surface area contributed by atoms with Crippen LogP contribution in [0.15, 0.2) is 0 Å². The number of nitrogens with one attached hydrogen (secondary N) is 1. The lowest BCUT2D eigenvalue weighted by molar-refractivity contribution is -0.121. The maximum absolute atomic E-state index is 11.1. The highest BCUT2D eigenvalue weighted by Crippen LogP contribution is 2.28. The first kappa shape index (κ1) is 10.0. The summed E-state index contributed by atoms with van der Waals surface area (Å²) in [5.74, 6) is 0.779. The van der Waals surface area contributed by atoms with Crippen LogP contribution < -0.4 is 5.32 Å². The minimum absolute atomic E-state index is 0.0217. The highest BCUT2D eigenvalue weighted by atomic mass is 16.1. The Labute approximate surface area is 79.1 Å². The van der Waals surface area contributed by atoms with Crippen molar-refractivity contribution in [1.29, 1.82) is 5.26 Å². The molecule has 1 rings (SSSR count). The lowest BCUT2D eigenvalue weighted by atomic mass is 10.0. The van der Waals surface area contributed by atoms with Gasteiger partial charge in [-0.1, -0.05) is 25.7 Å². The number of carbonyl (C=O) groups excluding carboxylic acids is 1. The van der Waals surface area contributed by atoms with Crippen molar-refractivity contribution < 1.29 is 4.79 Å². The molecule has 0 heterocycles. The number of nitrogens with zero attached hydrogens (tertiary/aromatic N) is 1. The number of hydrogen-bond acceptors (Lipinski definition) is 2. The van der Waals surface area contributed by atoms with Gasteiger partial charge in [0.1, 0.15) is 6.54 Å². The van der Waals surface area contributed by atoms with Crippen LogP contribution in [0.1, 0.15) is 38.5 Å². The summed E-state index contributed by atoms with van der Waals surface area (Å²) in [6, 6.07) is 1.89. The maximum atomic E-state index is 11.1. The lowest BCUT2D eigenvalue weighted by Gasteiger charge is -2.07. The van der Waals surface area contributed by atoms with Gasteiger partial charge in [0.25, 0.3) is 0 Å². The summed E-state index contributed by atoms with van der Waals surface area (Å²) in [7, 11) is 0. The van der Waals surface area contributed by atoms with Gasteiger partial charge in [0.15, 0.2) is 0 Å². The molecule has 0 unspecified atom stereocenters. The van der Waals surface area contributed by atoms with Crippen LogP contribution in [0.25, 0.3) is 0 Å². The molecule has 1 amide bonds. The van der Waals surface area contributed by atoms with Gasteiger partial charge in [-0.2, -0.15) is 5.26 Å². The molecule has 0 atom stereocenters. The Morgan fingerprint density at radius 2 is 2.15 bits per heavy atom. The lowest BCUT2D eigenvalue weighted by Crippen LogP contribution is -2.23. The van der Waals surface area contributed by atoms with Crippen molar-refractivity contribution in [2.24, 2.45) is 5.92 Å². The number of hydrogen-bond donors (Lipinski definition) is 1. The molecule has 0 aromatic rings. The Kier molecular flexibility index (Phi) is 4.31. The summed E-state index contributed by atoms with van der Waals surface area (Å²) in [5, 5.41) is 10.8. The van der Waals surface area contributed by atoms with Crippen LogP contribution in [-0.4, -0.2) is 12.5 Å². The van der Waals surface area contributed by atoms with Crippen LogP contribution in [0.5, 0.6) is 0 Å². The fourth-order valence-electron chi connectivity index (χ4n) is 1.86. The molecule has 1 saturated carbocycles. The van der Waals surface area contributed by atoms with Gasteiger partial charge in [0.05, 0.1) is 6.07 Å². The first-order chi connectivity index (χ1) is 6.33. The van der Waals surface area contributed by atoms with Gasteiger partial charge in [-0.25, -0.2) is 0 Å². The van der Waals surface area contributed by atoms with E-state index in [1.165, 1.54) is 25.7 Å². The van der Waals surface area contributed by atoms with E-state index in [1.54, 1.807) is 0 Å². The molecule has 1 aliphatic rings. The van der Waals surface area contributed by atoms with Crippen molar-refractivity contribution in [3.05, 3.63) is 0 Å². The SMILES string of the molecule is N#CCNC(=O)CCC1CCCC1. The number of nitriles is 1. The smallest absolute Gasteiger partial charge is 0.220 e.